The number of hydrogen-bond donors (Lipinski definition) is 7. The lowest BCUT2D eigenvalue weighted by Crippen LogP contribution is -2.45. The van der Waals surface area contributed by atoms with E-state index in [0.29, 0.717) is 35.6 Å². The third kappa shape index (κ3) is 8.32. The monoisotopic (exact) mass is 786 g/mol. The average Bonchev–Trinajstić information content (AvgIpc) is 4.08. The van der Waals surface area contributed by atoms with E-state index in [1.54, 1.807) is 21.6 Å². The van der Waals surface area contributed by atoms with E-state index in [1.807, 2.05) is 54.6 Å². The number of aliphatic hydroxyl groups excluding tert-OH is 3. The SMILES string of the molecule is O=C(NCCNC(=O)c1nc(NCC(c2ccccc2)c2ccccc2)c2ncn([C@@H]3C[C@H](n4cc(CO)cn4)[C@@H](O)[C@H]3O)c2n1)N[C@@H]1CCN(c2ccccn2)C1. The summed E-state index contributed by atoms with van der Waals surface area (Å²) < 4.78 is 3.21. The van der Waals surface area contributed by atoms with Gasteiger partial charge in [-0.25, -0.2) is 24.7 Å². The maximum absolute atomic E-state index is 13.7. The van der Waals surface area contributed by atoms with Crippen LogP contribution in [-0.2, 0) is 6.61 Å². The summed E-state index contributed by atoms with van der Waals surface area (Å²) in [6.07, 6.45) is 5.11. The maximum Gasteiger partial charge on any atom is 0.315 e. The number of anilines is 2. The summed E-state index contributed by atoms with van der Waals surface area (Å²) in [6, 6.07) is 24.3. The van der Waals surface area contributed by atoms with Gasteiger partial charge in [-0.3, -0.25) is 9.48 Å². The van der Waals surface area contributed by atoms with Crippen LogP contribution in [0.2, 0.25) is 0 Å². The first-order valence-corrected chi connectivity index (χ1v) is 19.4. The van der Waals surface area contributed by atoms with Crippen LogP contribution in [0.3, 0.4) is 0 Å². The van der Waals surface area contributed by atoms with Crippen molar-refractivity contribution in [3.05, 3.63) is 126 Å². The van der Waals surface area contributed by atoms with Crippen molar-refractivity contribution < 1.29 is 24.9 Å². The van der Waals surface area contributed by atoms with E-state index >= 15 is 0 Å². The Balaban J connectivity index is 0.995. The second kappa shape index (κ2) is 17.4. The number of hydrogen-bond acceptors (Lipinski definition) is 12. The second-order valence-corrected chi connectivity index (χ2v) is 14.6. The molecule has 0 spiro atoms. The van der Waals surface area contributed by atoms with Crippen molar-refractivity contribution in [2.24, 2.45) is 0 Å². The molecule has 4 aromatic heterocycles. The summed E-state index contributed by atoms with van der Waals surface area (Å²) in [4.78, 5) is 46.9. The van der Waals surface area contributed by atoms with E-state index in [4.69, 9.17) is 0 Å². The second-order valence-electron chi connectivity index (χ2n) is 14.6. The summed E-state index contributed by atoms with van der Waals surface area (Å²) in [5.41, 5.74) is 3.43. The Bertz CT molecular complexity index is 2270. The highest BCUT2D eigenvalue weighted by atomic mass is 16.3. The topological polar surface area (TPSA) is 220 Å². The van der Waals surface area contributed by atoms with E-state index in [-0.39, 0.29) is 49.9 Å². The minimum absolute atomic E-state index is 0.0387. The van der Waals surface area contributed by atoms with Crippen molar-refractivity contribution in [3.8, 4) is 0 Å². The first-order valence-electron chi connectivity index (χ1n) is 19.4. The Morgan fingerprint density at radius 3 is 2.29 bits per heavy atom. The van der Waals surface area contributed by atoms with Gasteiger partial charge in [-0.1, -0.05) is 66.7 Å². The van der Waals surface area contributed by atoms with Gasteiger partial charge >= 0.3 is 6.03 Å². The Morgan fingerprint density at radius 1 is 0.862 bits per heavy atom. The van der Waals surface area contributed by atoms with E-state index in [9.17, 15) is 24.9 Å². The molecule has 17 heteroatoms. The molecule has 0 unspecified atom stereocenters. The number of urea groups is 1. The molecule has 7 N–H and O–H groups in total. The molecular weight excluding hydrogens is 741 g/mol. The lowest BCUT2D eigenvalue weighted by atomic mass is 9.91. The van der Waals surface area contributed by atoms with E-state index < -0.39 is 30.2 Å². The molecule has 5 heterocycles. The Hall–Kier alpha value is -6.43. The molecule has 3 amide bonds. The van der Waals surface area contributed by atoms with Gasteiger partial charge in [0.25, 0.3) is 5.91 Å². The first-order chi connectivity index (χ1) is 28.4. The van der Waals surface area contributed by atoms with Crippen LogP contribution < -0.4 is 26.2 Å². The van der Waals surface area contributed by atoms with Crippen LogP contribution >= 0.6 is 0 Å². The minimum Gasteiger partial charge on any atom is -0.392 e. The Morgan fingerprint density at radius 2 is 1.59 bits per heavy atom. The molecule has 1 aliphatic heterocycles. The highest BCUT2D eigenvalue weighted by molar-refractivity contribution is 5.94. The molecule has 1 saturated heterocycles. The molecule has 5 atom stereocenters. The number of pyridine rings is 1. The number of imidazole rings is 1. The van der Waals surface area contributed by atoms with Gasteiger partial charge in [0.1, 0.15) is 23.5 Å². The molecule has 300 valence electrons. The number of aromatic nitrogens is 7. The van der Waals surface area contributed by atoms with Gasteiger partial charge in [0, 0.05) is 62.6 Å². The van der Waals surface area contributed by atoms with E-state index in [1.165, 1.54) is 12.5 Å². The van der Waals surface area contributed by atoms with E-state index in [2.05, 4.69) is 75.5 Å². The van der Waals surface area contributed by atoms with Crippen LogP contribution in [0.1, 0.15) is 58.2 Å². The zero-order valence-corrected chi connectivity index (χ0v) is 31.7. The maximum atomic E-state index is 13.7. The quantitative estimate of drug-likeness (QED) is 0.0792. The van der Waals surface area contributed by atoms with Gasteiger partial charge in [-0.05, 0) is 36.1 Å². The highest BCUT2D eigenvalue weighted by Gasteiger charge is 2.44. The average molecular weight is 787 g/mol. The van der Waals surface area contributed by atoms with Crippen LogP contribution in [-0.4, -0.2) is 113 Å². The number of rotatable bonds is 14. The number of nitrogens with zero attached hydrogens (tertiary/aromatic N) is 8. The third-order valence-corrected chi connectivity index (χ3v) is 10.9. The van der Waals surface area contributed by atoms with Crippen molar-refractivity contribution in [3.63, 3.8) is 0 Å². The fourth-order valence-corrected chi connectivity index (χ4v) is 7.84. The number of amides is 3. The predicted molar refractivity (Wildman–Crippen MR) is 215 cm³/mol. The van der Waals surface area contributed by atoms with Gasteiger partial charge in [-0.2, -0.15) is 5.10 Å². The van der Waals surface area contributed by atoms with Crippen molar-refractivity contribution in [2.45, 2.75) is 55.7 Å². The zero-order valence-electron chi connectivity index (χ0n) is 31.7. The fraction of sp³-hybridized carbons (Fsp3) is 0.341. The fourth-order valence-electron chi connectivity index (χ4n) is 7.84. The smallest absolute Gasteiger partial charge is 0.315 e. The lowest BCUT2D eigenvalue weighted by Gasteiger charge is -2.20. The van der Waals surface area contributed by atoms with Gasteiger partial charge < -0.3 is 46.1 Å². The molecule has 2 aromatic carbocycles. The zero-order chi connectivity index (χ0) is 40.0. The molecule has 1 saturated carbocycles. The van der Waals surface area contributed by atoms with Gasteiger partial charge in [0.05, 0.1) is 31.2 Å². The summed E-state index contributed by atoms with van der Waals surface area (Å²) in [5.74, 6) is 0.418. The Labute approximate surface area is 334 Å². The normalized spacial score (nSPS) is 20.4. The molecule has 0 bridgehead atoms. The highest BCUT2D eigenvalue weighted by Crippen LogP contribution is 2.40. The van der Waals surface area contributed by atoms with Gasteiger partial charge in [-0.15, -0.1) is 0 Å². The van der Waals surface area contributed by atoms with Crippen molar-refractivity contribution in [1.29, 1.82) is 0 Å². The van der Waals surface area contributed by atoms with Crippen LogP contribution in [0, 0.1) is 0 Å². The molecule has 2 fully saturated rings. The van der Waals surface area contributed by atoms with Crippen LogP contribution in [0.4, 0.5) is 16.4 Å². The van der Waals surface area contributed by atoms with Crippen LogP contribution in [0.5, 0.6) is 0 Å². The van der Waals surface area contributed by atoms with Gasteiger partial charge in [0.15, 0.2) is 11.5 Å². The largest absolute Gasteiger partial charge is 0.392 e. The van der Waals surface area contributed by atoms with Crippen LogP contribution in [0.15, 0.2) is 104 Å². The summed E-state index contributed by atoms with van der Waals surface area (Å²) in [6.45, 7) is 1.91. The first kappa shape index (κ1) is 38.4. The lowest BCUT2D eigenvalue weighted by molar-refractivity contribution is 0.00720. The molecule has 0 radical (unpaired) electrons. The van der Waals surface area contributed by atoms with Crippen molar-refractivity contribution >= 4 is 34.7 Å². The van der Waals surface area contributed by atoms with Gasteiger partial charge in [0.2, 0.25) is 5.82 Å². The van der Waals surface area contributed by atoms with Crippen molar-refractivity contribution in [2.75, 3.05) is 42.9 Å². The number of aliphatic hydroxyl groups is 3. The molecule has 17 nitrogen and oxygen atoms in total. The molecule has 2 aliphatic rings. The number of fused-ring (bicyclic) bond motifs is 1. The number of benzene rings is 2. The number of carbonyl (C=O) groups is 2. The van der Waals surface area contributed by atoms with E-state index in [0.717, 1.165) is 29.9 Å². The molecular formula is C41H46N12O5. The standard InChI is InChI=1S/C41H46N12O5/c54-24-26-20-47-53(22-26)32-19-31(35(55)36(32)56)52-25-46-34-37(45-21-30(27-9-3-1-4-10-27)28-11-5-2-6-12-28)49-38(50-39(34)52)40(57)43-16-17-44-41(58)48-29-14-18-51(23-29)33-13-7-8-15-42-33/h1-13,15,20,22,25,29-32,35-36,54-56H,14,16-19,21,23-24H2,(H,43,57)(H2,44,48,58)(H,45,49,50)/t29-,31-,32+,35+,36-/m1/s1. The predicted octanol–water partition coefficient (Wildman–Crippen LogP) is 2.37. The summed E-state index contributed by atoms with van der Waals surface area (Å²) in [7, 11) is 0. The molecule has 6 aromatic rings. The number of nitrogens with one attached hydrogen (secondary N) is 4. The summed E-state index contributed by atoms with van der Waals surface area (Å²) in [5, 5.41) is 48.4. The van der Waals surface area contributed by atoms with Crippen molar-refractivity contribution in [1.82, 2.24) is 50.2 Å². The van der Waals surface area contributed by atoms with Crippen LogP contribution in [0.25, 0.3) is 11.2 Å². The summed E-state index contributed by atoms with van der Waals surface area (Å²) >= 11 is 0. The number of carbonyl (C=O) groups excluding carboxylic acids is 2. The minimum atomic E-state index is -1.21. The third-order valence-electron chi connectivity index (χ3n) is 10.9. The molecule has 58 heavy (non-hydrogen) atoms. The molecule has 1 aliphatic carbocycles. The Kier molecular flexibility index (Phi) is 11.5. The molecule has 8 rings (SSSR count).